The number of anilines is 2. The molecule has 4 amide bonds. The van der Waals surface area contributed by atoms with Crippen LogP contribution < -0.4 is 15.0 Å². The summed E-state index contributed by atoms with van der Waals surface area (Å²) in [6.07, 6.45) is -0.314. The van der Waals surface area contributed by atoms with Gasteiger partial charge in [0, 0.05) is 12.2 Å². The average Bonchev–Trinajstić information content (AvgIpc) is 3.13. The van der Waals surface area contributed by atoms with Crippen molar-refractivity contribution in [1.82, 2.24) is 4.90 Å². The molecule has 1 aliphatic heterocycles. The van der Waals surface area contributed by atoms with Crippen molar-refractivity contribution in [2.45, 2.75) is 25.9 Å². The molecule has 1 unspecified atom stereocenters. The Bertz CT molecular complexity index is 1340. The van der Waals surface area contributed by atoms with E-state index in [1.807, 2.05) is 0 Å². The van der Waals surface area contributed by atoms with Crippen LogP contribution in [0, 0.1) is 5.82 Å². The Hall–Kier alpha value is -4.73. The van der Waals surface area contributed by atoms with E-state index in [1.165, 1.54) is 36.3 Å². The highest BCUT2D eigenvalue weighted by atomic mass is 19.1. The number of rotatable bonds is 9. The molecule has 3 aromatic rings. The van der Waals surface area contributed by atoms with Crippen LogP contribution in [0.1, 0.15) is 29.3 Å². The quantitative estimate of drug-likeness (QED) is 0.332. The van der Waals surface area contributed by atoms with Crippen molar-refractivity contribution in [2.75, 3.05) is 23.9 Å². The smallest absolute Gasteiger partial charge is 0.338 e. The number of benzene rings is 3. The third-order valence-electron chi connectivity index (χ3n) is 5.95. The summed E-state index contributed by atoms with van der Waals surface area (Å²) in [6.45, 7) is 1.99. The minimum Gasteiger partial charge on any atom is -0.497 e. The molecule has 1 atom stereocenters. The fraction of sp³-hybridized carbons (Fsp3) is 0.214. The van der Waals surface area contributed by atoms with Gasteiger partial charge in [-0.3, -0.25) is 9.59 Å². The van der Waals surface area contributed by atoms with Crippen LogP contribution in [0.15, 0.2) is 72.8 Å². The molecule has 0 saturated carbocycles. The number of urea groups is 1. The number of esters is 1. The van der Waals surface area contributed by atoms with Crippen molar-refractivity contribution < 1.29 is 33.0 Å². The molecular formula is C28H26FN3O6. The van der Waals surface area contributed by atoms with E-state index in [2.05, 4.69) is 5.32 Å². The first kappa shape index (κ1) is 26.3. The van der Waals surface area contributed by atoms with Crippen molar-refractivity contribution in [3.05, 3.63) is 89.7 Å². The molecule has 196 valence electrons. The third-order valence-corrected chi connectivity index (χ3v) is 5.95. The Morgan fingerprint density at radius 1 is 1.00 bits per heavy atom. The van der Waals surface area contributed by atoms with Crippen molar-refractivity contribution in [1.29, 1.82) is 0 Å². The molecule has 3 aromatic carbocycles. The van der Waals surface area contributed by atoms with Crippen LogP contribution in [0.3, 0.4) is 0 Å². The molecule has 0 aliphatic carbocycles. The Labute approximate surface area is 218 Å². The Morgan fingerprint density at radius 2 is 1.71 bits per heavy atom. The molecule has 1 fully saturated rings. The largest absolute Gasteiger partial charge is 0.497 e. The lowest BCUT2D eigenvalue weighted by Crippen LogP contribution is -2.37. The zero-order valence-corrected chi connectivity index (χ0v) is 20.8. The standard InChI is InChI=1S/C28H26FN3O6/c1-3-38-27(35)19-7-11-21(12-8-19)30-25(33)16-24-26(34)32(22-13-9-20(29)10-14-22)28(36)31(24)17-18-5-4-6-23(15-18)37-2/h4-15,24H,3,16-17H2,1-2H3,(H,30,33). The number of imide groups is 1. The number of ether oxygens (including phenoxy) is 2. The topological polar surface area (TPSA) is 105 Å². The number of carbonyl (C=O) groups is 4. The molecule has 1 heterocycles. The van der Waals surface area contributed by atoms with Gasteiger partial charge in [-0.1, -0.05) is 12.1 Å². The van der Waals surface area contributed by atoms with Gasteiger partial charge in [0.05, 0.1) is 31.4 Å². The minimum absolute atomic E-state index is 0.0473. The number of halogens is 1. The molecule has 0 aromatic heterocycles. The van der Waals surface area contributed by atoms with Gasteiger partial charge in [0.25, 0.3) is 5.91 Å². The maximum atomic E-state index is 13.5. The lowest BCUT2D eigenvalue weighted by Gasteiger charge is -2.22. The number of carbonyl (C=O) groups excluding carboxylic acids is 4. The Balaban J connectivity index is 1.55. The van der Waals surface area contributed by atoms with Crippen LogP contribution in [0.4, 0.5) is 20.6 Å². The van der Waals surface area contributed by atoms with E-state index in [0.29, 0.717) is 22.6 Å². The minimum atomic E-state index is -1.10. The lowest BCUT2D eigenvalue weighted by molar-refractivity contribution is -0.124. The Kier molecular flexibility index (Phi) is 8.00. The van der Waals surface area contributed by atoms with Gasteiger partial charge in [-0.25, -0.2) is 18.9 Å². The summed E-state index contributed by atoms with van der Waals surface area (Å²) in [4.78, 5) is 53.9. The monoisotopic (exact) mass is 519 g/mol. The normalized spacial score (nSPS) is 15.0. The number of amides is 4. The molecule has 1 aliphatic rings. The first-order chi connectivity index (χ1) is 18.3. The molecule has 4 rings (SSSR count). The molecule has 1 N–H and O–H groups in total. The fourth-order valence-corrected chi connectivity index (χ4v) is 4.10. The molecule has 1 saturated heterocycles. The van der Waals surface area contributed by atoms with Gasteiger partial charge >= 0.3 is 12.0 Å². The molecule has 10 heteroatoms. The maximum Gasteiger partial charge on any atom is 0.338 e. The lowest BCUT2D eigenvalue weighted by atomic mass is 10.1. The van der Waals surface area contributed by atoms with Gasteiger partial charge in [0.15, 0.2) is 0 Å². The van der Waals surface area contributed by atoms with Crippen LogP contribution >= 0.6 is 0 Å². The maximum absolute atomic E-state index is 13.5. The zero-order chi connectivity index (χ0) is 27.2. The van der Waals surface area contributed by atoms with Crippen molar-refractivity contribution >= 4 is 35.2 Å². The van der Waals surface area contributed by atoms with Crippen molar-refractivity contribution in [2.24, 2.45) is 0 Å². The first-order valence-corrected chi connectivity index (χ1v) is 11.9. The second-order valence-corrected chi connectivity index (χ2v) is 8.48. The molecule has 0 spiro atoms. The second kappa shape index (κ2) is 11.5. The SMILES string of the molecule is CCOC(=O)c1ccc(NC(=O)CC2C(=O)N(c3ccc(F)cc3)C(=O)N2Cc2cccc(OC)c2)cc1. The van der Waals surface area contributed by atoms with Crippen LogP contribution in [-0.2, 0) is 20.9 Å². The summed E-state index contributed by atoms with van der Waals surface area (Å²) in [5.74, 6) is -1.51. The summed E-state index contributed by atoms with van der Waals surface area (Å²) in [5, 5.41) is 2.70. The second-order valence-electron chi connectivity index (χ2n) is 8.48. The van der Waals surface area contributed by atoms with E-state index in [4.69, 9.17) is 9.47 Å². The fourth-order valence-electron chi connectivity index (χ4n) is 4.10. The average molecular weight is 520 g/mol. The number of hydrogen-bond acceptors (Lipinski definition) is 6. The summed E-state index contributed by atoms with van der Waals surface area (Å²) in [5.41, 5.74) is 1.65. The number of nitrogens with zero attached hydrogens (tertiary/aromatic N) is 2. The molecule has 0 radical (unpaired) electrons. The summed E-state index contributed by atoms with van der Waals surface area (Å²) < 4.78 is 23.7. The van der Waals surface area contributed by atoms with Crippen LogP contribution in [0.25, 0.3) is 0 Å². The van der Waals surface area contributed by atoms with E-state index in [9.17, 15) is 23.6 Å². The van der Waals surface area contributed by atoms with Crippen molar-refractivity contribution in [3.63, 3.8) is 0 Å². The van der Waals surface area contributed by atoms with Gasteiger partial charge in [0.1, 0.15) is 17.6 Å². The van der Waals surface area contributed by atoms with E-state index >= 15 is 0 Å². The Morgan fingerprint density at radius 3 is 2.37 bits per heavy atom. The summed E-state index contributed by atoms with van der Waals surface area (Å²) in [6, 6.07) is 16.4. The molecule has 9 nitrogen and oxygen atoms in total. The summed E-state index contributed by atoms with van der Waals surface area (Å²) >= 11 is 0. The number of hydrogen-bond donors (Lipinski definition) is 1. The van der Waals surface area contributed by atoms with Crippen LogP contribution in [0.5, 0.6) is 5.75 Å². The van der Waals surface area contributed by atoms with Gasteiger partial charge in [0.2, 0.25) is 5.91 Å². The predicted molar refractivity (Wildman–Crippen MR) is 137 cm³/mol. The van der Waals surface area contributed by atoms with Crippen molar-refractivity contribution in [3.8, 4) is 5.75 Å². The van der Waals surface area contributed by atoms with Gasteiger partial charge in [-0.2, -0.15) is 0 Å². The number of nitrogens with one attached hydrogen (secondary N) is 1. The van der Waals surface area contributed by atoms with Gasteiger partial charge in [-0.15, -0.1) is 0 Å². The van der Waals surface area contributed by atoms with E-state index in [0.717, 1.165) is 17.0 Å². The first-order valence-electron chi connectivity index (χ1n) is 11.9. The molecule has 0 bridgehead atoms. The summed E-state index contributed by atoms with van der Waals surface area (Å²) in [7, 11) is 1.52. The van der Waals surface area contributed by atoms with Gasteiger partial charge in [-0.05, 0) is 73.2 Å². The van der Waals surface area contributed by atoms with Crippen LogP contribution in [-0.4, -0.2) is 48.5 Å². The van der Waals surface area contributed by atoms with E-state index in [1.54, 1.807) is 43.3 Å². The van der Waals surface area contributed by atoms with Gasteiger partial charge < -0.3 is 19.7 Å². The third kappa shape index (κ3) is 5.80. The van der Waals surface area contributed by atoms with E-state index in [-0.39, 0.29) is 25.3 Å². The highest BCUT2D eigenvalue weighted by Crippen LogP contribution is 2.29. The molecular weight excluding hydrogens is 493 g/mol. The zero-order valence-electron chi connectivity index (χ0n) is 20.8. The molecule has 38 heavy (non-hydrogen) atoms. The number of methoxy groups -OCH3 is 1. The highest BCUT2D eigenvalue weighted by Gasteiger charge is 2.46. The van der Waals surface area contributed by atoms with E-state index < -0.39 is 35.7 Å². The highest BCUT2D eigenvalue weighted by molar-refractivity contribution is 6.22. The predicted octanol–water partition coefficient (Wildman–Crippen LogP) is 4.38. The van der Waals surface area contributed by atoms with Crippen LogP contribution in [0.2, 0.25) is 0 Å².